The van der Waals surface area contributed by atoms with Crippen molar-refractivity contribution in [1.82, 2.24) is 9.80 Å². The van der Waals surface area contributed by atoms with E-state index in [9.17, 15) is 14.0 Å². The predicted molar refractivity (Wildman–Crippen MR) is 100 cm³/mol. The molecule has 0 N–H and O–H groups in total. The summed E-state index contributed by atoms with van der Waals surface area (Å²) < 4.78 is 19.2. The molecule has 1 amide bonds. The number of nitrogens with zero attached hydrogens (tertiary/aromatic N) is 2. The first-order valence-electron chi connectivity index (χ1n) is 8.74. The summed E-state index contributed by atoms with van der Waals surface area (Å²) in [6.45, 7) is 1.05. The van der Waals surface area contributed by atoms with Crippen LogP contribution in [0.15, 0.2) is 57.7 Å². The molecule has 1 aromatic heterocycles. The van der Waals surface area contributed by atoms with Gasteiger partial charge in [-0.1, -0.05) is 24.3 Å². The van der Waals surface area contributed by atoms with Gasteiger partial charge >= 0.3 is 0 Å². The van der Waals surface area contributed by atoms with E-state index < -0.39 is 6.04 Å². The minimum atomic E-state index is -0.589. The Morgan fingerprint density at radius 1 is 1.07 bits per heavy atom. The monoisotopic (exact) mass is 366 g/mol. The summed E-state index contributed by atoms with van der Waals surface area (Å²) in [5, 5.41) is 0.436. The van der Waals surface area contributed by atoms with Gasteiger partial charge in [0.1, 0.15) is 11.4 Å². The van der Waals surface area contributed by atoms with Gasteiger partial charge in [0.2, 0.25) is 5.76 Å². The van der Waals surface area contributed by atoms with E-state index >= 15 is 0 Å². The molecule has 0 fully saturated rings. The largest absolute Gasteiger partial charge is 0.450 e. The summed E-state index contributed by atoms with van der Waals surface area (Å²) in [7, 11) is 3.83. The maximum atomic E-state index is 13.4. The number of fused-ring (bicyclic) bond motifs is 2. The first-order valence-corrected chi connectivity index (χ1v) is 8.74. The third kappa shape index (κ3) is 2.92. The molecule has 0 unspecified atom stereocenters. The molecule has 6 heteroatoms. The van der Waals surface area contributed by atoms with Gasteiger partial charge in [0, 0.05) is 13.1 Å². The van der Waals surface area contributed by atoms with Crippen molar-refractivity contribution in [2.45, 2.75) is 6.04 Å². The Balaban J connectivity index is 1.93. The van der Waals surface area contributed by atoms with Crippen molar-refractivity contribution in [1.29, 1.82) is 0 Å². The van der Waals surface area contributed by atoms with Crippen LogP contribution in [-0.4, -0.2) is 42.9 Å². The number of carbonyl (C=O) groups excluding carboxylic acids is 1. The minimum absolute atomic E-state index is 0.0757. The van der Waals surface area contributed by atoms with Crippen LogP contribution in [0.25, 0.3) is 11.0 Å². The van der Waals surface area contributed by atoms with Crippen LogP contribution in [0.3, 0.4) is 0 Å². The highest BCUT2D eigenvalue weighted by atomic mass is 19.1. The van der Waals surface area contributed by atoms with Gasteiger partial charge in [-0.25, -0.2) is 4.39 Å². The number of para-hydroxylation sites is 1. The van der Waals surface area contributed by atoms with E-state index in [0.717, 1.165) is 0 Å². The first kappa shape index (κ1) is 17.4. The zero-order valence-corrected chi connectivity index (χ0v) is 15.1. The molecule has 0 spiro atoms. The Bertz CT molecular complexity index is 1070. The van der Waals surface area contributed by atoms with Gasteiger partial charge in [0.15, 0.2) is 5.43 Å². The molecule has 0 radical (unpaired) electrons. The summed E-state index contributed by atoms with van der Waals surface area (Å²) in [6.07, 6.45) is 0. The highest BCUT2D eigenvalue weighted by Gasteiger charge is 2.42. The zero-order valence-electron chi connectivity index (χ0n) is 15.1. The summed E-state index contributed by atoms with van der Waals surface area (Å²) in [5.41, 5.74) is 1.18. The van der Waals surface area contributed by atoms with E-state index in [4.69, 9.17) is 4.42 Å². The van der Waals surface area contributed by atoms with Crippen LogP contribution in [0.5, 0.6) is 0 Å². The second-order valence-corrected chi connectivity index (χ2v) is 6.93. The van der Waals surface area contributed by atoms with Crippen molar-refractivity contribution in [2.75, 3.05) is 27.2 Å². The van der Waals surface area contributed by atoms with Crippen molar-refractivity contribution < 1.29 is 13.6 Å². The van der Waals surface area contributed by atoms with E-state index in [1.165, 1.54) is 12.1 Å². The van der Waals surface area contributed by atoms with Crippen LogP contribution in [-0.2, 0) is 0 Å². The number of likely N-dealkylation sites (N-methyl/N-ethyl adjacent to an activating group) is 1. The summed E-state index contributed by atoms with van der Waals surface area (Å²) in [4.78, 5) is 29.8. The summed E-state index contributed by atoms with van der Waals surface area (Å²) in [5.74, 6) is -0.607. The molecular weight excluding hydrogens is 347 g/mol. The van der Waals surface area contributed by atoms with Crippen molar-refractivity contribution in [3.63, 3.8) is 0 Å². The highest BCUT2D eigenvalue weighted by molar-refractivity contribution is 5.99. The Kier molecular flexibility index (Phi) is 4.28. The van der Waals surface area contributed by atoms with Crippen molar-refractivity contribution in [3.05, 3.63) is 81.5 Å². The van der Waals surface area contributed by atoms with Gasteiger partial charge in [-0.05, 0) is 43.9 Å². The molecule has 3 aromatic rings. The highest BCUT2D eigenvalue weighted by Crippen LogP contribution is 2.37. The number of amides is 1. The Labute approximate surface area is 155 Å². The molecule has 27 heavy (non-hydrogen) atoms. The fourth-order valence-corrected chi connectivity index (χ4v) is 3.50. The number of hydrogen-bond donors (Lipinski definition) is 0. The molecule has 2 heterocycles. The van der Waals surface area contributed by atoms with Gasteiger partial charge in [0.05, 0.1) is 17.0 Å². The molecule has 0 saturated heterocycles. The van der Waals surface area contributed by atoms with E-state index in [2.05, 4.69) is 0 Å². The molecule has 0 bridgehead atoms. The maximum Gasteiger partial charge on any atom is 0.290 e. The Hall–Kier alpha value is -2.99. The lowest BCUT2D eigenvalue weighted by Crippen LogP contribution is -2.35. The fourth-order valence-electron chi connectivity index (χ4n) is 3.50. The molecule has 1 aliphatic heterocycles. The first-order chi connectivity index (χ1) is 13.0. The van der Waals surface area contributed by atoms with Crippen molar-refractivity contribution in [3.8, 4) is 0 Å². The molecule has 0 saturated carbocycles. The zero-order chi connectivity index (χ0) is 19.1. The number of benzene rings is 2. The quantitative estimate of drug-likeness (QED) is 0.712. The van der Waals surface area contributed by atoms with E-state index in [1.54, 1.807) is 41.3 Å². The third-order valence-corrected chi connectivity index (χ3v) is 4.85. The topological polar surface area (TPSA) is 53.8 Å². The minimum Gasteiger partial charge on any atom is -0.450 e. The SMILES string of the molecule is CN(C)CCN1C(=O)c2oc3ccccc3c(=O)c2[C@@H]1c1ccc(F)cc1. The average molecular weight is 366 g/mol. The Morgan fingerprint density at radius 3 is 2.48 bits per heavy atom. The second-order valence-electron chi connectivity index (χ2n) is 6.93. The molecular formula is C21H19FN2O3. The fraction of sp³-hybridized carbons (Fsp3) is 0.238. The number of hydrogen-bond acceptors (Lipinski definition) is 4. The molecule has 1 aliphatic rings. The lowest BCUT2D eigenvalue weighted by Gasteiger charge is -2.26. The molecule has 5 nitrogen and oxygen atoms in total. The smallest absolute Gasteiger partial charge is 0.290 e. The lowest BCUT2D eigenvalue weighted by molar-refractivity contribution is 0.0716. The summed E-state index contributed by atoms with van der Waals surface area (Å²) in [6, 6.07) is 12.2. The van der Waals surface area contributed by atoms with Gasteiger partial charge in [-0.2, -0.15) is 0 Å². The van der Waals surface area contributed by atoms with Crippen LogP contribution >= 0.6 is 0 Å². The normalized spacial score (nSPS) is 16.4. The van der Waals surface area contributed by atoms with Crippen LogP contribution < -0.4 is 5.43 Å². The Morgan fingerprint density at radius 2 is 1.78 bits per heavy atom. The second kappa shape index (κ2) is 6.63. The van der Waals surface area contributed by atoms with Gasteiger partial charge < -0.3 is 14.2 Å². The van der Waals surface area contributed by atoms with Crippen molar-refractivity contribution in [2.24, 2.45) is 0 Å². The lowest BCUT2D eigenvalue weighted by atomic mass is 9.98. The van der Waals surface area contributed by atoms with Gasteiger partial charge in [-0.3, -0.25) is 9.59 Å². The number of carbonyl (C=O) groups is 1. The van der Waals surface area contributed by atoms with Crippen LogP contribution in [0.4, 0.5) is 4.39 Å². The summed E-state index contributed by atoms with van der Waals surface area (Å²) >= 11 is 0. The molecule has 2 aromatic carbocycles. The van der Waals surface area contributed by atoms with Gasteiger partial charge in [-0.15, -0.1) is 0 Å². The van der Waals surface area contributed by atoms with Crippen LogP contribution in [0, 0.1) is 5.82 Å². The van der Waals surface area contributed by atoms with Gasteiger partial charge in [0.25, 0.3) is 5.91 Å². The molecule has 0 aliphatic carbocycles. The molecule has 1 atom stereocenters. The number of rotatable bonds is 4. The van der Waals surface area contributed by atoms with Crippen LogP contribution in [0.2, 0.25) is 0 Å². The van der Waals surface area contributed by atoms with E-state index in [0.29, 0.717) is 35.2 Å². The molecule has 138 valence electrons. The predicted octanol–water partition coefficient (Wildman–Crippen LogP) is 3.04. The van der Waals surface area contributed by atoms with Crippen molar-refractivity contribution >= 4 is 16.9 Å². The van der Waals surface area contributed by atoms with E-state index in [1.807, 2.05) is 19.0 Å². The standard InChI is InChI=1S/C21H19FN2O3/c1-23(2)11-12-24-18(13-7-9-14(22)10-8-13)17-19(25)15-5-3-4-6-16(15)27-20(17)21(24)26/h3-10,18H,11-12H2,1-2H3/t18-/m0/s1. The number of halogens is 1. The van der Waals surface area contributed by atoms with Crippen LogP contribution in [0.1, 0.15) is 27.7 Å². The molecule has 4 rings (SSSR count). The third-order valence-electron chi connectivity index (χ3n) is 4.85. The average Bonchev–Trinajstić information content (AvgIpc) is 2.93. The van der Waals surface area contributed by atoms with E-state index in [-0.39, 0.29) is 22.9 Å². The maximum absolute atomic E-state index is 13.4.